The number of rotatable bonds is 6. The van der Waals surface area contributed by atoms with Crippen molar-refractivity contribution in [2.45, 2.75) is 66.0 Å². The van der Waals surface area contributed by atoms with E-state index >= 15 is 0 Å². The van der Waals surface area contributed by atoms with Gasteiger partial charge in [-0.05, 0) is 27.2 Å². The fraction of sp³-hybridized carbons (Fsp3) is 0.667. The van der Waals surface area contributed by atoms with E-state index in [-0.39, 0.29) is 24.0 Å². The largest absolute Gasteiger partial charge is 0.357 e. The summed E-state index contributed by atoms with van der Waals surface area (Å²) in [6.07, 6.45) is 3.84. The van der Waals surface area contributed by atoms with Crippen LogP contribution < -0.4 is 10.6 Å². The van der Waals surface area contributed by atoms with E-state index in [1.54, 1.807) is 11.3 Å². The lowest BCUT2D eigenvalue weighted by atomic mass is 10.1. The Kier molecular flexibility index (Phi) is 8.46. The molecule has 1 aliphatic rings. The first kappa shape index (κ1) is 22.1. The third kappa shape index (κ3) is 5.87. The molecule has 3 heterocycles. The maximum absolute atomic E-state index is 4.76. The number of aromatic nitrogens is 4. The summed E-state index contributed by atoms with van der Waals surface area (Å²) in [7, 11) is 0. The molecule has 0 fully saturated rings. The molecule has 1 atom stereocenters. The van der Waals surface area contributed by atoms with E-state index in [4.69, 9.17) is 4.99 Å². The van der Waals surface area contributed by atoms with Crippen LogP contribution in [0.3, 0.4) is 0 Å². The van der Waals surface area contributed by atoms with Crippen LogP contribution in [0.15, 0.2) is 4.99 Å². The van der Waals surface area contributed by atoms with E-state index in [0.29, 0.717) is 6.04 Å². The standard InChI is InChI=1S/C18H29N7S.HI/c1-5-16-23-17-8-7-14(11-25(17)24-16)22-18(19-6-2)20-10-9-15-12(3)21-13(4)26-15;/h14H,5-11H2,1-4H3,(H2,19,20,22);1H. The summed E-state index contributed by atoms with van der Waals surface area (Å²) in [4.78, 5) is 15.2. The van der Waals surface area contributed by atoms with Gasteiger partial charge in [0.2, 0.25) is 0 Å². The zero-order valence-corrected chi connectivity index (χ0v) is 19.7. The van der Waals surface area contributed by atoms with Gasteiger partial charge in [-0.25, -0.2) is 14.6 Å². The quantitative estimate of drug-likeness (QED) is 0.360. The summed E-state index contributed by atoms with van der Waals surface area (Å²) in [6, 6.07) is 0.332. The van der Waals surface area contributed by atoms with E-state index in [0.717, 1.165) is 73.6 Å². The normalized spacial score (nSPS) is 16.6. The van der Waals surface area contributed by atoms with Crippen molar-refractivity contribution < 1.29 is 0 Å². The molecule has 2 aromatic heterocycles. The van der Waals surface area contributed by atoms with Crippen LogP contribution >= 0.6 is 35.3 Å². The Labute approximate surface area is 182 Å². The fourth-order valence-electron chi connectivity index (χ4n) is 3.22. The van der Waals surface area contributed by atoms with E-state index in [1.165, 1.54) is 4.88 Å². The molecule has 27 heavy (non-hydrogen) atoms. The number of hydrogen-bond acceptors (Lipinski definition) is 5. The first-order chi connectivity index (χ1) is 12.6. The Morgan fingerprint density at radius 1 is 1.30 bits per heavy atom. The van der Waals surface area contributed by atoms with Gasteiger partial charge in [0.1, 0.15) is 5.82 Å². The summed E-state index contributed by atoms with van der Waals surface area (Å²) in [5, 5.41) is 12.6. The highest BCUT2D eigenvalue weighted by atomic mass is 127. The number of aliphatic imine (C=N–C) groups is 1. The Hall–Kier alpha value is -1.23. The Morgan fingerprint density at radius 3 is 2.78 bits per heavy atom. The van der Waals surface area contributed by atoms with Crippen molar-refractivity contribution in [1.82, 2.24) is 30.4 Å². The first-order valence-corrected chi connectivity index (χ1v) is 10.3. The predicted molar refractivity (Wildman–Crippen MR) is 121 cm³/mol. The molecule has 0 spiro atoms. The number of hydrogen-bond donors (Lipinski definition) is 2. The van der Waals surface area contributed by atoms with Crippen molar-refractivity contribution in [1.29, 1.82) is 0 Å². The number of nitrogens with one attached hydrogen (secondary N) is 2. The lowest BCUT2D eigenvalue weighted by Gasteiger charge is -2.25. The van der Waals surface area contributed by atoms with E-state index in [9.17, 15) is 0 Å². The van der Waals surface area contributed by atoms with E-state index in [1.807, 2.05) is 4.68 Å². The second kappa shape index (κ2) is 10.4. The minimum Gasteiger partial charge on any atom is -0.357 e. The Balaban J connectivity index is 0.00000261. The van der Waals surface area contributed by atoms with E-state index < -0.39 is 0 Å². The second-order valence-electron chi connectivity index (χ2n) is 6.61. The van der Waals surface area contributed by atoms with Gasteiger partial charge in [0.25, 0.3) is 0 Å². The number of aryl methyl sites for hydroxylation is 4. The molecular formula is C18H30IN7S. The highest BCUT2D eigenvalue weighted by Gasteiger charge is 2.22. The number of fused-ring (bicyclic) bond motifs is 1. The molecule has 1 unspecified atom stereocenters. The van der Waals surface area contributed by atoms with Crippen LogP contribution in [0.2, 0.25) is 0 Å². The number of nitrogens with zero attached hydrogens (tertiary/aromatic N) is 5. The highest BCUT2D eigenvalue weighted by Crippen LogP contribution is 2.17. The van der Waals surface area contributed by atoms with Crippen molar-refractivity contribution in [3.8, 4) is 0 Å². The van der Waals surface area contributed by atoms with Crippen LogP contribution in [-0.4, -0.2) is 44.8 Å². The molecule has 0 aromatic carbocycles. The molecule has 0 aliphatic carbocycles. The average molecular weight is 503 g/mol. The molecule has 0 amide bonds. The summed E-state index contributed by atoms with van der Waals surface area (Å²) in [5.41, 5.74) is 1.14. The molecule has 0 radical (unpaired) electrons. The summed E-state index contributed by atoms with van der Waals surface area (Å²) in [5.74, 6) is 2.94. The number of thiazole rings is 1. The van der Waals surface area contributed by atoms with Crippen LogP contribution in [0.4, 0.5) is 0 Å². The van der Waals surface area contributed by atoms with Crippen LogP contribution in [-0.2, 0) is 25.8 Å². The smallest absolute Gasteiger partial charge is 0.191 e. The molecular weight excluding hydrogens is 473 g/mol. The molecule has 1 aliphatic heterocycles. The summed E-state index contributed by atoms with van der Waals surface area (Å²) < 4.78 is 2.05. The van der Waals surface area contributed by atoms with Crippen molar-refractivity contribution in [3.05, 3.63) is 27.2 Å². The summed E-state index contributed by atoms with van der Waals surface area (Å²) in [6.45, 7) is 10.8. The van der Waals surface area contributed by atoms with Gasteiger partial charge in [0, 0.05) is 43.3 Å². The number of guanidine groups is 1. The van der Waals surface area contributed by atoms with Gasteiger partial charge < -0.3 is 10.6 Å². The van der Waals surface area contributed by atoms with Gasteiger partial charge in [0.05, 0.1) is 17.2 Å². The average Bonchev–Trinajstić information content (AvgIpc) is 3.17. The lowest BCUT2D eigenvalue weighted by molar-refractivity contribution is 0.392. The lowest BCUT2D eigenvalue weighted by Crippen LogP contribution is -2.47. The van der Waals surface area contributed by atoms with Crippen LogP contribution in [0, 0.1) is 13.8 Å². The third-order valence-electron chi connectivity index (χ3n) is 4.51. The van der Waals surface area contributed by atoms with Crippen molar-refractivity contribution in [2.75, 3.05) is 13.1 Å². The van der Waals surface area contributed by atoms with E-state index in [2.05, 4.69) is 53.4 Å². The molecule has 2 aromatic rings. The Morgan fingerprint density at radius 2 is 2.11 bits per heavy atom. The zero-order chi connectivity index (χ0) is 18.5. The zero-order valence-electron chi connectivity index (χ0n) is 16.6. The molecule has 150 valence electrons. The molecule has 2 N–H and O–H groups in total. The molecule has 0 bridgehead atoms. The maximum atomic E-state index is 4.76. The van der Waals surface area contributed by atoms with Gasteiger partial charge in [-0.15, -0.1) is 35.3 Å². The predicted octanol–water partition coefficient (Wildman–Crippen LogP) is 2.64. The minimum absolute atomic E-state index is 0. The summed E-state index contributed by atoms with van der Waals surface area (Å²) >= 11 is 1.77. The maximum Gasteiger partial charge on any atom is 0.191 e. The SMILES string of the molecule is CCNC(=NCCc1sc(C)nc1C)NC1CCc2nc(CC)nn2C1.I. The van der Waals surface area contributed by atoms with Gasteiger partial charge in [-0.3, -0.25) is 4.99 Å². The minimum atomic E-state index is 0. The van der Waals surface area contributed by atoms with Crippen molar-refractivity contribution >= 4 is 41.3 Å². The van der Waals surface area contributed by atoms with Gasteiger partial charge in [-0.1, -0.05) is 6.92 Å². The Bertz CT molecular complexity index is 768. The third-order valence-corrected chi connectivity index (χ3v) is 5.64. The van der Waals surface area contributed by atoms with Gasteiger partial charge >= 0.3 is 0 Å². The number of halogens is 1. The molecule has 3 rings (SSSR count). The highest BCUT2D eigenvalue weighted by molar-refractivity contribution is 14.0. The second-order valence-corrected chi connectivity index (χ2v) is 7.90. The molecule has 0 saturated heterocycles. The monoisotopic (exact) mass is 503 g/mol. The van der Waals surface area contributed by atoms with Crippen molar-refractivity contribution in [2.24, 2.45) is 4.99 Å². The first-order valence-electron chi connectivity index (χ1n) is 9.49. The topological polar surface area (TPSA) is 80.0 Å². The van der Waals surface area contributed by atoms with Crippen LogP contribution in [0.5, 0.6) is 0 Å². The van der Waals surface area contributed by atoms with Crippen LogP contribution in [0.25, 0.3) is 0 Å². The molecule has 7 nitrogen and oxygen atoms in total. The molecule has 0 saturated carbocycles. The van der Waals surface area contributed by atoms with Crippen molar-refractivity contribution in [3.63, 3.8) is 0 Å². The fourth-order valence-corrected chi connectivity index (χ4v) is 4.14. The molecule has 9 heteroatoms. The van der Waals surface area contributed by atoms with Gasteiger partial charge in [0.15, 0.2) is 11.8 Å². The van der Waals surface area contributed by atoms with Gasteiger partial charge in [-0.2, -0.15) is 5.10 Å². The van der Waals surface area contributed by atoms with Crippen LogP contribution in [0.1, 0.15) is 47.5 Å².